The number of hydrogen-bond donors (Lipinski definition) is 1. The van der Waals surface area contributed by atoms with Crippen molar-refractivity contribution in [2.24, 2.45) is 0 Å². The normalized spacial score (nSPS) is 20.7. The fourth-order valence-corrected chi connectivity index (χ4v) is 3.00. The van der Waals surface area contributed by atoms with E-state index in [1.165, 1.54) is 19.4 Å². The van der Waals surface area contributed by atoms with Gasteiger partial charge in [0.05, 0.1) is 11.9 Å². The Morgan fingerprint density at radius 2 is 2.26 bits per heavy atom. The molecule has 5 nitrogen and oxygen atoms in total. The average Bonchev–Trinajstić information content (AvgIpc) is 2.95. The van der Waals surface area contributed by atoms with E-state index in [9.17, 15) is 0 Å². The van der Waals surface area contributed by atoms with Crippen molar-refractivity contribution in [3.63, 3.8) is 0 Å². The minimum Gasteiger partial charge on any atom is -0.397 e. The van der Waals surface area contributed by atoms with Gasteiger partial charge in [-0.2, -0.15) is 5.10 Å². The zero-order valence-electron chi connectivity index (χ0n) is 11.6. The minimum absolute atomic E-state index is 0.578. The van der Waals surface area contributed by atoms with Gasteiger partial charge in [-0.05, 0) is 45.4 Å². The lowest BCUT2D eigenvalue weighted by atomic mass is 10.1. The van der Waals surface area contributed by atoms with Crippen molar-refractivity contribution in [3.05, 3.63) is 24.2 Å². The molecule has 1 fully saturated rings. The van der Waals surface area contributed by atoms with Gasteiger partial charge in [-0.15, -0.1) is 0 Å². The van der Waals surface area contributed by atoms with Gasteiger partial charge in [0.25, 0.3) is 0 Å². The first kappa shape index (κ1) is 12.4. The topological polar surface area (TPSA) is 59.5 Å². The van der Waals surface area contributed by atoms with E-state index in [1.807, 2.05) is 18.3 Å². The van der Waals surface area contributed by atoms with E-state index in [1.54, 1.807) is 4.52 Å². The molecular formula is C14H21N5. The summed E-state index contributed by atoms with van der Waals surface area (Å²) in [6.07, 6.45) is 5.28. The first-order chi connectivity index (χ1) is 9.13. The highest BCUT2D eigenvalue weighted by Gasteiger charge is 2.27. The third-order valence-corrected chi connectivity index (χ3v) is 3.90. The zero-order valence-corrected chi connectivity index (χ0v) is 11.6. The number of likely N-dealkylation sites (tertiary alicyclic amines) is 1. The largest absolute Gasteiger partial charge is 0.397 e. The molecule has 0 aromatic carbocycles. The molecule has 0 radical (unpaired) electrons. The summed E-state index contributed by atoms with van der Waals surface area (Å²) in [6, 6.07) is 4.96. The molecule has 19 heavy (non-hydrogen) atoms. The molecule has 2 aromatic heterocycles. The number of anilines is 1. The molecule has 1 atom stereocenters. The van der Waals surface area contributed by atoms with Crippen LogP contribution in [0.5, 0.6) is 0 Å². The second-order valence-electron chi connectivity index (χ2n) is 5.62. The van der Waals surface area contributed by atoms with Gasteiger partial charge in [0.15, 0.2) is 11.5 Å². The van der Waals surface area contributed by atoms with Crippen LogP contribution in [-0.2, 0) is 6.42 Å². The van der Waals surface area contributed by atoms with Crippen molar-refractivity contribution in [3.8, 4) is 0 Å². The molecule has 1 aliphatic heterocycles. The summed E-state index contributed by atoms with van der Waals surface area (Å²) < 4.78 is 1.78. The van der Waals surface area contributed by atoms with E-state index >= 15 is 0 Å². The van der Waals surface area contributed by atoms with Crippen molar-refractivity contribution in [1.82, 2.24) is 19.5 Å². The van der Waals surface area contributed by atoms with Gasteiger partial charge in [0, 0.05) is 18.5 Å². The maximum absolute atomic E-state index is 5.76. The van der Waals surface area contributed by atoms with Crippen molar-refractivity contribution in [2.75, 3.05) is 12.3 Å². The fraction of sp³-hybridized carbons (Fsp3) is 0.571. The van der Waals surface area contributed by atoms with Crippen LogP contribution in [0.3, 0.4) is 0 Å². The van der Waals surface area contributed by atoms with Crippen molar-refractivity contribution < 1.29 is 0 Å². The van der Waals surface area contributed by atoms with Gasteiger partial charge < -0.3 is 5.73 Å². The van der Waals surface area contributed by atoms with Crippen LogP contribution >= 0.6 is 0 Å². The van der Waals surface area contributed by atoms with E-state index in [0.29, 0.717) is 17.8 Å². The standard InChI is InChI=1S/C14H21N5/c1-10(2)18-7-3-4-12(18)8-13-16-14-6-5-11(15)9-19(14)17-13/h5-6,9-10,12H,3-4,7-8,15H2,1-2H3. The molecule has 0 spiro atoms. The molecule has 3 heterocycles. The van der Waals surface area contributed by atoms with Gasteiger partial charge in [-0.25, -0.2) is 9.50 Å². The highest BCUT2D eigenvalue weighted by molar-refractivity contribution is 5.46. The molecule has 2 aromatic rings. The summed E-state index contributed by atoms with van der Waals surface area (Å²) >= 11 is 0. The molecule has 0 amide bonds. The second kappa shape index (κ2) is 4.81. The Hall–Kier alpha value is -1.62. The van der Waals surface area contributed by atoms with Crippen LogP contribution in [0.25, 0.3) is 5.65 Å². The first-order valence-electron chi connectivity index (χ1n) is 7.00. The third-order valence-electron chi connectivity index (χ3n) is 3.90. The Kier molecular flexibility index (Phi) is 3.14. The molecule has 5 heteroatoms. The predicted octanol–water partition coefficient (Wildman–Crippen LogP) is 1.73. The predicted molar refractivity (Wildman–Crippen MR) is 76.0 cm³/mol. The number of rotatable bonds is 3. The highest BCUT2D eigenvalue weighted by Crippen LogP contribution is 2.22. The molecule has 0 aliphatic carbocycles. The van der Waals surface area contributed by atoms with Gasteiger partial charge in [-0.3, -0.25) is 4.90 Å². The maximum atomic E-state index is 5.76. The lowest BCUT2D eigenvalue weighted by Gasteiger charge is -2.27. The quantitative estimate of drug-likeness (QED) is 0.912. The van der Waals surface area contributed by atoms with Crippen LogP contribution in [0.15, 0.2) is 18.3 Å². The second-order valence-corrected chi connectivity index (χ2v) is 5.62. The van der Waals surface area contributed by atoms with Crippen LogP contribution in [0.4, 0.5) is 5.69 Å². The van der Waals surface area contributed by atoms with Crippen molar-refractivity contribution in [1.29, 1.82) is 0 Å². The van der Waals surface area contributed by atoms with Crippen LogP contribution in [-0.4, -0.2) is 38.1 Å². The highest BCUT2D eigenvalue weighted by atomic mass is 15.3. The number of fused-ring (bicyclic) bond motifs is 1. The van der Waals surface area contributed by atoms with Crippen LogP contribution in [0.1, 0.15) is 32.5 Å². The number of nitrogens with two attached hydrogens (primary N) is 1. The molecule has 0 saturated carbocycles. The SMILES string of the molecule is CC(C)N1CCCC1Cc1nc2ccc(N)cn2n1. The Balaban J connectivity index is 1.81. The average molecular weight is 259 g/mol. The molecular weight excluding hydrogens is 238 g/mol. The number of nitrogen functional groups attached to an aromatic ring is 1. The lowest BCUT2D eigenvalue weighted by molar-refractivity contribution is 0.201. The van der Waals surface area contributed by atoms with Crippen LogP contribution in [0, 0.1) is 0 Å². The van der Waals surface area contributed by atoms with Crippen LogP contribution in [0.2, 0.25) is 0 Å². The monoisotopic (exact) mass is 259 g/mol. The van der Waals surface area contributed by atoms with Crippen molar-refractivity contribution >= 4 is 11.3 Å². The zero-order chi connectivity index (χ0) is 13.4. The number of nitrogens with zero attached hydrogens (tertiary/aromatic N) is 4. The molecule has 1 saturated heterocycles. The van der Waals surface area contributed by atoms with Gasteiger partial charge in [-0.1, -0.05) is 0 Å². The van der Waals surface area contributed by atoms with Gasteiger partial charge in [0.2, 0.25) is 0 Å². The van der Waals surface area contributed by atoms with Crippen molar-refractivity contribution in [2.45, 2.75) is 45.2 Å². The van der Waals surface area contributed by atoms with Gasteiger partial charge in [0.1, 0.15) is 0 Å². The Labute approximate surface area is 113 Å². The fourth-order valence-electron chi connectivity index (χ4n) is 3.00. The van der Waals surface area contributed by atoms with E-state index in [4.69, 9.17) is 5.73 Å². The smallest absolute Gasteiger partial charge is 0.155 e. The molecule has 102 valence electrons. The van der Waals surface area contributed by atoms with E-state index in [2.05, 4.69) is 28.8 Å². The summed E-state index contributed by atoms with van der Waals surface area (Å²) in [5.41, 5.74) is 7.35. The summed E-state index contributed by atoms with van der Waals surface area (Å²) in [4.78, 5) is 7.14. The molecule has 3 rings (SSSR count). The Morgan fingerprint density at radius 3 is 3.05 bits per heavy atom. The van der Waals surface area contributed by atoms with E-state index in [-0.39, 0.29) is 0 Å². The molecule has 2 N–H and O–H groups in total. The minimum atomic E-state index is 0.578. The summed E-state index contributed by atoms with van der Waals surface area (Å²) in [7, 11) is 0. The molecule has 1 aliphatic rings. The van der Waals surface area contributed by atoms with E-state index in [0.717, 1.165) is 17.9 Å². The number of hydrogen-bond acceptors (Lipinski definition) is 4. The van der Waals surface area contributed by atoms with E-state index < -0.39 is 0 Å². The number of pyridine rings is 1. The van der Waals surface area contributed by atoms with Crippen LogP contribution < -0.4 is 5.73 Å². The molecule has 1 unspecified atom stereocenters. The maximum Gasteiger partial charge on any atom is 0.155 e. The Bertz CT molecular complexity index is 574. The summed E-state index contributed by atoms with van der Waals surface area (Å²) in [6.45, 7) is 5.72. The molecule has 0 bridgehead atoms. The number of aromatic nitrogens is 3. The van der Waals surface area contributed by atoms with Gasteiger partial charge >= 0.3 is 0 Å². The summed E-state index contributed by atoms with van der Waals surface area (Å²) in [5.74, 6) is 0.920. The summed E-state index contributed by atoms with van der Waals surface area (Å²) in [5, 5.41) is 4.53. The third kappa shape index (κ3) is 2.42. The Morgan fingerprint density at radius 1 is 1.42 bits per heavy atom. The lowest BCUT2D eigenvalue weighted by Crippen LogP contribution is -2.36. The first-order valence-corrected chi connectivity index (χ1v) is 7.00.